The first-order valence-corrected chi connectivity index (χ1v) is 10.2. The number of nitrogens with one attached hydrogen (secondary N) is 1. The fourth-order valence-corrected chi connectivity index (χ4v) is 4.15. The lowest BCUT2D eigenvalue weighted by Gasteiger charge is -2.35. The van der Waals surface area contributed by atoms with Gasteiger partial charge >= 0.3 is 0 Å². The van der Waals surface area contributed by atoms with Gasteiger partial charge in [0.15, 0.2) is 5.82 Å². The average molecular weight is 367 g/mol. The summed E-state index contributed by atoms with van der Waals surface area (Å²) in [5.74, 6) is 1.86. The second-order valence-electron chi connectivity index (χ2n) is 7.77. The normalized spacial score (nSPS) is 20.3. The fourth-order valence-electron chi connectivity index (χ4n) is 4.15. The largest absolute Gasteiger partial charge is 0.358 e. The minimum absolute atomic E-state index is 0.696. The molecule has 1 unspecified atom stereocenters. The smallest absolute Gasteiger partial charge is 0.163 e. The van der Waals surface area contributed by atoms with Gasteiger partial charge in [-0.15, -0.1) is 0 Å². The molecule has 2 aliphatic heterocycles. The molecule has 0 aliphatic carbocycles. The summed E-state index contributed by atoms with van der Waals surface area (Å²) in [4.78, 5) is 19.0. The highest BCUT2D eigenvalue weighted by Crippen LogP contribution is 2.27. The van der Waals surface area contributed by atoms with Gasteiger partial charge in [0.1, 0.15) is 5.82 Å². The number of likely N-dealkylation sites (tertiary alicyclic amines) is 1. The zero-order valence-electron chi connectivity index (χ0n) is 16.5. The Bertz CT molecular complexity index is 763. The molecule has 0 radical (unpaired) electrons. The number of nitrogens with zero attached hydrogens (tertiary/aromatic N) is 5. The van der Waals surface area contributed by atoms with Crippen LogP contribution in [0, 0.1) is 0 Å². The molecule has 2 aliphatic rings. The topological polar surface area (TPSA) is 57.2 Å². The van der Waals surface area contributed by atoms with Crippen molar-refractivity contribution in [3.05, 3.63) is 35.8 Å². The van der Waals surface area contributed by atoms with E-state index >= 15 is 0 Å². The molecule has 0 bridgehead atoms. The van der Waals surface area contributed by atoms with Crippen molar-refractivity contribution in [1.29, 1.82) is 0 Å². The lowest BCUT2D eigenvalue weighted by molar-refractivity contribution is 0.165. The first-order chi connectivity index (χ1) is 13.2. The predicted molar refractivity (Wildman–Crippen MR) is 109 cm³/mol. The van der Waals surface area contributed by atoms with E-state index in [1.807, 2.05) is 18.3 Å². The van der Waals surface area contributed by atoms with Gasteiger partial charge in [-0.1, -0.05) is 6.42 Å². The predicted octanol–water partition coefficient (Wildman–Crippen LogP) is 2.49. The maximum atomic E-state index is 4.97. The molecule has 0 amide bonds. The average Bonchev–Trinajstić information content (AvgIpc) is 2.73. The summed E-state index contributed by atoms with van der Waals surface area (Å²) in [5.41, 5.74) is 3.41. The van der Waals surface area contributed by atoms with Crippen molar-refractivity contribution in [3.63, 3.8) is 0 Å². The van der Waals surface area contributed by atoms with E-state index in [0.29, 0.717) is 6.04 Å². The molecule has 1 fully saturated rings. The van der Waals surface area contributed by atoms with E-state index < -0.39 is 0 Å². The number of hydrogen-bond donors (Lipinski definition) is 1. The maximum Gasteiger partial charge on any atom is 0.163 e. The quantitative estimate of drug-likeness (QED) is 0.877. The van der Waals surface area contributed by atoms with Crippen molar-refractivity contribution in [2.24, 2.45) is 0 Å². The Balaban J connectivity index is 1.58. The molecule has 1 atom stereocenters. The minimum Gasteiger partial charge on any atom is -0.358 e. The monoisotopic (exact) mass is 366 g/mol. The first kappa shape index (κ1) is 18.3. The van der Waals surface area contributed by atoms with Crippen LogP contribution in [0.4, 0.5) is 5.82 Å². The highest BCUT2D eigenvalue weighted by Gasteiger charge is 2.22. The van der Waals surface area contributed by atoms with Crippen molar-refractivity contribution >= 4 is 5.82 Å². The number of anilines is 1. The van der Waals surface area contributed by atoms with Crippen molar-refractivity contribution in [3.8, 4) is 11.4 Å². The van der Waals surface area contributed by atoms with Crippen LogP contribution in [-0.4, -0.2) is 59.1 Å². The third-order valence-corrected chi connectivity index (χ3v) is 5.86. The van der Waals surface area contributed by atoms with Gasteiger partial charge < -0.3 is 10.2 Å². The van der Waals surface area contributed by atoms with Crippen LogP contribution in [0.1, 0.15) is 37.4 Å². The number of piperidine rings is 1. The van der Waals surface area contributed by atoms with Gasteiger partial charge in [0.05, 0.1) is 5.69 Å². The van der Waals surface area contributed by atoms with Crippen LogP contribution in [0.3, 0.4) is 0 Å². The van der Waals surface area contributed by atoms with Crippen molar-refractivity contribution < 1.29 is 0 Å². The number of rotatable bonds is 5. The SMILES string of the molecule is CC1CCCCN1CCN(C)c1nc(-c2cccnc2)nc2c1CCNC2. The Morgan fingerprint density at radius 1 is 1.30 bits per heavy atom. The number of likely N-dealkylation sites (N-methyl/N-ethyl adjacent to an activating group) is 1. The van der Waals surface area contributed by atoms with E-state index in [1.54, 1.807) is 6.20 Å². The van der Waals surface area contributed by atoms with Gasteiger partial charge in [0, 0.05) is 56.2 Å². The van der Waals surface area contributed by atoms with E-state index in [-0.39, 0.29) is 0 Å². The molecule has 4 heterocycles. The van der Waals surface area contributed by atoms with Gasteiger partial charge in [-0.05, 0) is 51.4 Å². The molecule has 4 rings (SSSR count). The molecule has 1 N–H and O–H groups in total. The first-order valence-electron chi connectivity index (χ1n) is 10.2. The van der Waals surface area contributed by atoms with Gasteiger partial charge in [0.25, 0.3) is 0 Å². The van der Waals surface area contributed by atoms with Crippen LogP contribution in [0.25, 0.3) is 11.4 Å². The van der Waals surface area contributed by atoms with Gasteiger partial charge in [-0.3, -0.25) is 9.88 Å². The Labute approximate surface area is 162 Å². The number of aromatic nitrogens is 3. The van der Waals surface area contributed by atoms with Gasteiger partial charge in [0.2, 0.25) is 0 Å². The molecule has 6 heteroatoms. The highest BCUT2D eigenvalue weighted by molar-refractivity contribution is 5.60. The van der Waals surface area contributed by atoms with Crippen LogP contribution < -0.4 is 10.2 Å². The molecule has 2 aromatic rings. The molecule has 6 nitrogen and oxygen atoms in total. The van der Waals surface area contributed by atoms with E-state index in [0.717, 1.165) is 55.5 Å². The fraction of sp³-hybridized carbons (Fsp3) is 0.571. The van der Waals surface area contributed by atoms with Crippen LogP contribution in [-0.2, 0) is 13.0 Å². The summed E-state index contributed by atoms with van der Waals surface area (Å²) >= 11 is 0. The number of hydrogen-bond acceptors (Lipinski definition) is 6. The van der Waals surface area contributed by atoms with E-state index in [4.69, 9.17) is 9.97 Å². The van der Waals surface area contributed by atoms with Gasteiger partial charge in [-0.2, -0.15) is 0 Å². The van der Waals surface area contributed by atoms with Crippen LogP contribution in [0.5, 0.6) is 0 Å². The van der Waals surface area contributed by atoms with Crippen molar-refractivity contribution in [1.82, 2.24) is 25.2 Å². The summed E-state index contributed by atoms with van der Waals surface area (Å²) in [6.07, 6.45) is 8.64. The summed E-state index contributed by atoms with van der Waals surface area (Å²) in [7, 11) is 2.17. The van der Waals surface area contributed by atoms with Crippen LogP contribution in [0.2, 0.25) is 0 Å². The molecular formula is C21H30N6. The molecule has 144 valence electrons. The second kappa shape index (κ2) is 8.31. The summed E-state index contributed by atoms with van der Waals surface area (Å²) in [5, 5.41) is 3.44. The van der Waals surface area contributed by atoms with Gasteiger partial charge in [-0.25, -0.2) is 9.97 Å². The Kier molecular flexibility index (Phi) is 5.64. The molecule has 1 saturated heterocycles. The number of pyridine rings is 1. The lowest BCUT2D eigenvalue weighted by atomic mass is 10.0. The number of fused-ring (bicyclic) bond motifs is 1. The zero-order valence-corrected chi connectivity index (χ0v) is 16.5. The Morgan fingerprint density at radius 2 is 2.22 bits per heavy atom. The van der Waals surface area contributed by atoms with E-state index in [9.17, 15) is 0 Å². The molecular weight excluding hydrogens is 336 g/mol. The molecule has 0 spiro atoms. The van der Waals surface area contributed by atoms with Crippen LogP contribution in [0.15, 0.2) is 24.5 Å². The highest BCUT2D eigenvalue weighted by atomic mass is 15.2. The second-order valence-corrected chi connectivity index (χ2v) is 7.77. The molecule has 2 aromatic heterocycles. The summed E-state index contributed by atoms with van der Waals surface area (Å²) in [6, 6.07) is 4.67. The molecule has 0 saturated carbocycles. The van der Waals surface area contributed by atoms with Crippen molar-refractivity contribution in [2.75, 3.05) is 38.1 Å². The lowest BCUT2D eigenvalue weighted by Crippen LogP contribution is -2.42. The Morgan fingerprint density at radius 3 is 3.04 bits per heavy atom. The summed E-state index contributed by atoms with van der Waals surface area (Å²) in [6.45, 7) is 7.48. The van der Waals surface area contributed by atoms with Crippen molar-refractivity contribution in [2.45, 2.75) is 45.2 Å². The van der Waals surface area contributed by atoms with Crippen LogP contribution >= 0.6 is 0 Å². The molecule has 27 heavy (non-hydrogen) atoms. The van der Waals surface area contributed by atoms with E-state index in [1.165, 1.54) is 31.4 Å². The zero-order chi connectivity index (χ0) is 18.6. The molecule has 0 aromatic carbocycles. The third kappa shape index (κ3) is 4.12. The minimum atomic E-state index is 0.696. The Hall–Kier alpha value is -2.05. The third-order valence-electron chi connectivity index (χ3n) is 5.86. The van der Waals surface area contributed by atoms with E-state index in [2.05, 4.69) is 34.1 Å². The standard InChI is InChI=1S/C21H30N6/c1-16-6-3-4-11-27(16)13-12-26(2)21-18-8-10-23-15-19(18)24-20(25-21)17-7-5-9-22-14-17/h5,7,9,14,16,23H,3-4,6,8,10-13,15H2,1-2H3. The summed E-state index contributed by atoms with van der Waals surface area (Å²) < 4.78 is 0. The maximum absolute atomic E-state index is 4.97.